The zero-order chi connectivity index (χ0) is 11.5. The Morgan fingerprint density at radius 2 is 2.00 bits per heavy atom. The SMILES string of the molecule is CB(O)N1CCC(c2cccc(O)c2)CC1. The van der Waals surface area contributed by atoms with E-state index < -0.39 is 0 Å². The molecule has 1 fully saturated rings. The Morgan fingerprint density at radius 3 is 2.56 bits per heavy atom. The van der Waals surface area contributed by atoms with Crippen LogP contribution in [0.3, 0.4) is 0 Å². The Balaban J connectivity index is 1.99. The van der Waals surface area contributed by atoms with E-state index >= 15 is 0 Å². The number of piperidine rings is 1. The third kappa shape index (κ3) is 2.57. The fourth-order valence-electron chi connectivity index (χ4n) is 2.39. The van der Waals surface area contributed by atoms with Crippen molar-refractivity contribution in [2.75, 3.05) is 13.1 Å². The number of benzene rings is 1. The van der Waals surface area contributed by atoms with Gasteiger partial charge < -0.3 is 14.9 Å². The fourth-order valence-corrected chi connectivity index (χ4v) is 2.39. The predicted molar refractivity (Wildman–Crippen MR) is 65.5 cm³/mol. The lowest BCUT2D eigenvalue weighted by Gasteiger charge is -2.32. The number of aromatic hydroxyl groups is 1. The minimum absolute atomic E-state index is 0.342. The Morgan fingerprint density at radius 1 is 1.31 bits per heavy atom. The van der Waals surface area contributed by atoms with Gasteiger partial charge in [-0.1, -0.05) is 12.1 Å². The highest BCUT2D eigenvalue weighted by molar-refractivity contribution is 6.45. The molecule has 86 valence electrons. The molecule has 0 atom stereocenters. The van der Waals surface area contributed by atoms with Crippen LogP contribution in [-0.2, 0) is 0 Å². The molecule has 1 heterocycles. The van der Waals surface area contributed by atoms with Crippen molar-refractivity contribution in [3.63, 3.8) is 0 Å². The summed E-state index contributed by atoms with van der Waals surface area (Å²) in [6, 6.07) is 7.52. The molecule has 0 spiro atoms. The van der Waals surface area contributed by atoms with E-state index in [9.17, 15) is 10.1 Å². The first-order chi connectivity index (χ1) is 7.66. The molecule has 0 bridgehead atoms. The molecule has 1 aliphatic rings. The van der Waals surface area contributed by atoms with Crippen LogP contribution >= 0.6 is 0 Å². The molecular formula is C12H18BNO2. The van der Waals surface area contributed by atoms with E-state index in [1.807, 2.05) is 19.0 Å². The largest absolute Gasteiger partial charge is 0.508 e. The van der Waals surface area contributed by atoms with Gasteiger partial charge in [0.2, 0.25) is 0 Å². The molecule has 2 rings (SSSR count). The van der Waals surface area contributed by atoms with Crippen molar-refractivity contribution >= 4 is 7.05 Å². The molecular weight excluding hydrogens is 201 g/mol. The summed E-state index contributed by atoms with van der Waals surface area (Å²) in [6.45, 7) is 3.67. The van der Waals surface area contributed by atoms with Gasteiger partial charge in [0.25, 0.3) is 0 Å². The number of nitrogens with zero attached hydrogens (tertiary/aromatic N) is 1. The van der Waals surface area contributed by atoms with Gasteiger partial charge in [0.15, 0.2) is 0 Å². The van der Waals surface area contributed by atoms with Crippen LogP contribution in [0.25, 0.3) is 0 Å². The third-order valence-electron chi connectivity index (χ3n) is 3.40. The van der Waals surface area contributed by atoms with Crippen LogP contribution in [0.2, 0.25) is 6.82 Å². The van der Waals surface area contributed by atoms with E-state index in [2.05, 4.69) is 10.9 Å². The summed E-state index contributed by atoms with van der Waals surface area (Å²) in [5.74, 6) is 0.859. The van der Waals surface area contributed by atoms with Crippen molar-refractivity contribution in [1.29, 1.82) is 0 Å². The summed E-state index contributed by atoms with van der Waals surface area (Å²) < 4.78 is 0. The number of rotatable bonds is 2. The van der Waals surface area contributed by atoms with Gasteiger partial charge in [-0.15, -0.1) is 0 Å². The van der Waals surface area contributed by atoms with E-state index in [0.29, 0.717) is 11.7 Å². The monoisotopic (exact) mass is 219 g/mol. The predicted octanol–water partition coefficient (Wildman–Crippen LogP) is 1.68. The maximum atomic E-state index is 9.46. The summed E-state index contributed by atoms with van der Waals surface area (Å²) in [4.78, 5) is 2.08. The minimum atomic E-state index is -0.342. The third-order valence-corrected chi connectivity index (χ3v) is 3.40. The molecule has 0 amide bonds. The molecule has 1 aromatic rings. The van der Waals surface area contributed by atoms with E-state index in [0.717, 1.165) is 25.9 Å². The first kappa shape index (κ1) is 11.5. The van der Waals surface area contributed by atoms with Gasteiger partial charge in [-0.25, -0.2) is 0 Å². The number of hydrogen-bond acceptors (Lipinski definition) is 3. The zero-order valence-corrected chi connectivity index (χ0v) is 9.63. The maximum absolute atomic E-state index is 9.46. The second kappa shape index (κ2) is 4.89. The molecule has 4 heteroatoms. The van der Waals surface area contributed by atoms with Gasteiger partial charge >= 0.3 is 7.05 Å². The van der Waals surface area contributed by atoms with Crippen LogP contribution < -0.4 is 0 Å². The number of phenolic OH excluding ortho intramolecular Hbond substituents is 1. The second-order valence-electron chi connectivity index (χ2n) is 4.54. The molecule has 0 saturated carbocycles. The van der Waals surface area contributed by atoms with Gasteiger partial charge in [-0.05, 0) is 56.4 Å². The molecule has 2 N–H and O–H groups in total. The fraction of sp³-hybridized carbons (Fsp3) is 0.500. The molecule has 1 saturated heterocycles. The van der Waals surface area contributed by atoms with Crippen LogP contribution in [0.5, 0.6) is 5.75 Å². The van der Waals surface area contributed by atoms with Gasteiger partial charge in [-0.3, -0.25) is 0 Å². The van der Waals surface area contributed by atoms with E-state index in [1.165, 1.54) is 5.56 Å². The first-order valence-electron chi connectivity index (χ1n) is 5.88. The van der Waals surface area contributed by atoms with Crippen molar-refractivity contribution < 1.29 is 10.1 Å². The van der Waals surface area contributed by atoms with Crippen LogP contribution in [0.1, 0.15) is 24.3 Å². The summed E-state index contributed by atoms with van der Waals surface area (Å²) in [5.41, 5.74) is 1.21. The lowest BCUT2D eigenvalue weighted by Crippen LogP contribution is -2.42. The average Bonchev–Trinajstić information content (AvgIpc) is 2.29. The van der Waals surface area contributed by atoms with E-state index in [4.69, 9.17) is 0 Å². The van der Waals surface area contributed by atoms with Crippen LogP contribution in [-0.4, -0.2) is 35.1 Å². The normalized spacial score (nSPS) is 18.6. The van der Waals surface area contributed by atoms with E-state index in [1.54, 1.807) is 6.07 Å². The zero-order valence-electron chi connectivity index (χ0n) is 9.63. The Hall–Kier alpha value is -0.995. The van der Waals surface area contributed by atoms with E-state index in [-0.39, 0.29) is 7.05 Å². The van der Waals surface area contributed by atoms with Crippen molar-refractivity contribution in [1.82, 2.24) is 4.81 Å². The molecule has 1 aliphatic heterocycles. The van der Waals surface area contributed by atoms with Gasteiger partial charge in [0.1, 0.15) is 5.75 Å². The van der Waals surface area contributed by atoms with Gasteiger partial charge in [-0.2, -0.15) is 0 Å². The van der Waals surface area contributed by atoms with Crippen molar-refractivity contribution in [2.45, 2.75) is 25.6 Å². The van der Waals surface area contributed by atoms with Crippen LogP contribution in [0.4, 0.5) is 0 Å². The summed E-state index contributed by atoms with van der Waals surface area (Å²) in [5, 5.41) is 18.9. The first-order valence-corrected chi connectivity index (χ1v) is 5.88. The van der Waals surface area contributed by atoms with Gasteiger partial charge in [0, 0.05) is 0 Å². The van der Waals surface area contributed by atoms with Crippen LogP contribution in [0, 0.1) is 0 Å². The number of hydrogen-bond donors (Lipinski definition) is 2. The van der Waals surface area contributed by atoms with Gasteiger partial charge in [0.05, 0.1) is 0 Å². The Labute approximate surface area is 96.8 Å². The average molecular weight is 219 g/mol. The minimum Gasteiger partial charge on any atom is -0.508 e. The highest BCUT2D eigenvalue weighted by Crippen LogP contribution is 2.29. The molecule has 1 aromatic carbocycles. The highest BCUT2D eigenvalue weighted by atomic mass is 16.3. The molecule has 0 unspecified atom stereocenters. The smallest absolute Gasteiger partial charge is 0.376 e. The molecule has 0 radical (unpaired) electrons. The molecule has 16 heavy (non-hydrogen) atoms. The topological polar surface area (TPSA) is 43.7 Å². The van der Waals surface area contributed by atoms with Crippen molar-refractivity contribution in [3.8, 4) is 5.75 Å². The maximum Gasteiger partial charge on any atom is 0.376 e. The van der Waals surface area contributed by atoms with Crippen molar-refractivity contribution in [3.05, 3.63) is 29.8 Å². The Bertz CT molecular complexity index is 349. The lowest BCUT2D eigenvalue weighted by molar-refractivity contribution is 0.289. The van der Waals surface area contributed by atoms with Crippen molar-refractivity contribution in [2.24, 2.45) is 0 Å². The lowest BCUT2D eigenvalue weighted by atomic mass is 9.79. The second-order valence-corrected chi connectivity index (χ2v) is 4.54. The standard InChI is InChI=1S/C12H18BNO2/c1-13(16)14-7-5-10(6-8-14)11-3-2-4-12(15)9-11/h2-4,9-10,15-16H,5-8H2,1H3. The number of phenols is 1. The molecule has 0 aromatic heterocycles. The highest BCUT2D eigenvalue weighted by Gasteiger charge is 2.24. The quantitative estimate of drug-likeness (QED) is 0.743. The molecule has 0 aliphatic carbocycles. The summed E-state index contributed by atoms with van der Waals surface area (Å²) in [7, 11) is -0.342. The molecule has 3 nitrogen and oxygen atoms in total. The summed E-state index contributed by atoms with van der Waals surface area (Å²) in [6.07, 6.45) is 2.10. The van der Waals surface area contributed by atoms with Crippen LogP contribution in [0.15, 0.2) is 24.3 Å². The Kier molecular flexibility index (Phi) is 3.51. The summed E-state index contributed by atoms with van der Waals surface area (Å²) >= 11 is 0.